The average Bonchev–Trinajstić information content (AvgIpc) is 2.61. The SMILES string of the molecule is Cl.O=C([C@@H]1CCCNC1)N1CCN(c2ncc(C(F)(F)F)cn2)CC1. The van der Waals surface area contributed by atoms with Crippen molar-refractivity contribution in [2.45, 2.75) is 19.0 Å². The van der Waals surface area contributed by atoms with E-state index in [1.165, 1.54) is 0 Å². The van der Waals surface area contributed by atoms with Crippen molar-refractivity contribution in [1.29, 1.82) is 0 Å². The van der Waals surface area contributed by atoms with E-state index < -0.39 is 11.7 Å². The predicted octanol–water partition coefficient (Wildman–Crippen LogP) is 1.57. The zero-order valence-corrected chi connectivity index (χ0v) is 14.4. The van der Waals surface area contributed by atoms with Gasteiger partial charge in [0.05, 0.1) is 11.5 Å². The van der Waals surface area contributed by atoms with Gasteiger partial charge in [-0.25, -0.2) is 9.97 Å². The first-order chi connectivity index (χ1) is 11.4. The van der Waals surface area contributed by atoms with Gasteiger partial charge in [0.2, 0.25) is 11.9 Å². The number of amides is 1. The second kappa shape index (κ2) is 8.18. The van der Waals surface area contributed by atoms with Crippen molar-refractivity contribution >= 4 is 24.3 Å². The number of nitrogens with one attached hydrogen (secondary N) is 1. The monoisotopic (exact) mass is 379 g/mol. The van der Waals surface area contributed by atoms with Crippen LogP contribution in [0.25, 0.3) is 0 Å². The number of piperazine rings is 1. The zero-order chi connectivity index (χ0) is 17.2. The van der Waals surface area contributed by atoms with Crippen LogP contribution >= 0.6 is 12.4 Å². The van der Waals surface area contributed by atoms with Crippen LogP contribution in [0.5, 0.6) is 0 Å². The number of carbonyl (C=O) groups is 1. The smallest absolute Gasteiger partial charge is 0.339 e. The summed E-state index contributed by atoms with van der Waals surface area (Å²) in [5.41, 5.74) is -0.857. The van der Waals surface area contributed by atoms with E-state index >= 15 is 0 Å². The van der Waals surface area contributed by atoms with Crippen LogP contribution in [-0.4, -0.2) is 60.0 Å². The molecule has 140 valence electrons. The van der Waals surface area contributed by atoms with Gasteiger partial charge >= 0.3 is 6.18 Å². The van der Waals surface area contributed by atoms with Gasteiger partial charge in [0, 0.05) is 45.1 Å². The van der Waals surface area contributed by atoms with Crippen LogP contribution in [0.3, 0.4) is 0 Å². The molecule has 2 aliphatic rings. The molecule has 2 aliphatic heterocycles. The Labute approximate surface area is 150 Å². The van der Waals surface area contributed by atoms with Crippen molar-refractivity contribution in [2.24, 2.45) is 5.92 Å². The largest absolute Gasteiger partial charge is 0.419 e. The van der Waals surface area contributed by atoms with Gasteiger partial charge in [-0.3, -0.25) is 4.79 Å². The maximum absolute atomic E-state index is 12.5. The van der Waals surface area contributed by atoms with Crippen molar-refractivity contribution in [3.8, 4) is 0 Å². The van der Waals surface area contributed by atoms with Gasteiger partial charge < -0.3 is 15.1 Å². The first kappa shape index (κ1) is 19.7. The Hall–Kier alpha value is -1.61. The molecule has 0 aromatic carbocycles. The minimum atomic E-state index is -4.43. The number of halogens is 4. The van der Waals surface area contributed by atoms with E-state index in [0.29, 0.717) is 26.2 Å². The molecule has 1 N–H and O–H groups in total. The summed E-state index contributed by atoms with van der Waals surface area (Å²) in [6.07, 6.45) is -0.914. The predicted molar refractivity (Wildman–Crippen MR) is 88.7 cm³/mol. The molecule has 1 aromatic rings. The van der Waals surface area contributed by atoms with Crippen molar-refractivity contribution in [3.05, 3.63) is 18.0 Å². The second-order valence-electron chi connectivity index (χ2n) is 6.13. The van der Waals surface area contributed by atoms with Gasteiger partial charge in [0.25, 0.3) is 0 Å². The fraction of sp³-hybridized carbons (Fsp3) is 0.667. The van der Waals surface area contributed by atoms with E-state index in [2.05, 4.69) is 15.3 Å². The zero-order valence-electron chi connectivity index (χ0n) is 13.6. The Balaban J connectivity index is 0.00000225. The highest BCUT2D eigenvalue weighted by Crippen LogP contribution is 2.28. The molecule has 0 bridgehead atoms. The molecule has 0 saturated carbocycles. The first-order valence-electron chi connectivity index (χ1n) is 8.09. The van der Waals surface area contributed by atoms with Crippen LogP contribution in [0.2, 0.25) is 0 Å². The normalized spacial score (nSPS) is 21.6. The lowest BCUT2D eigenvalue weighted by Gasteiger charge is -2.37. The van der Waals surface area contributed by atoms with E-state index in [1.54, 1.807) is 0 Å². The Kier molecular flexibility index (Phi) is 6.45. The van der Waals surface area contributed by atoms with E-state index in [-0.39, 0.29) is 30.2 Å². The van der Waals surface area contributed by atoms with Gasteiger partial charge in [-0.05, 0) is 19.4 Å². The molecule has 1 aromatic heterocycles. The molecule has 1 atom stereocenters. The summed E-state index contributed by atoms with van der Waals surface area (Å²) in [5.74, 6) is 0.470. The lowest BCUT2D eigenvalue weighted by molar-refractivity contribution is -0.138. The fourth-order valence-corrected chi connectivity index (χ4v) is 3.08. The van der Waals surface area contributed by atoms with Gasteiger partial charge in [-0.2, -0.15) is 13.2 Å². The fourth-order valence-electron chi connectivity index (χ4n) is 3.08. The number of alkyl halides is 3. The molecule has 25 heavy (non-hydrogen) atoms. The van der Waals surface area contributed by atoms with Crippen LogP contribution in [0, 0.1) is 5.92 Å². The van der Waals surface area contributed by atoms with Crippen LogP contribution in [-0.2, 0) is 11.0 Å². The maximum Gasteiger partial charge on any atom is 0.419 e. The number of piperidine rings is 1. The highest BCUT2D eigenvalue weighted by molar-refractivity contribution is 5.85. The highest BCUT2D eigenvalue weighted by atomic mass is 35.5. The van der Waals surface area contributed by atoms with E-state index in [4.69, 9.17) is 0 Å². The standard InChI is InChI=1S/C15H20F3N5O.ClH/c16-15(17,18)12-9-20-14(21-10-12)23-6-4-22(5-7-23)13(24)11-2-1-3-19-8-11;/h9-11,19H,1-8H2;1H/t11-;/m1./s1. The number of aromatic nitrogens is 2. The topological polar surface area (TPSA) is 61.4 Å². The molecule has 1 amide bonds. The van der Waals surface area contributed by atoms with Gasteiger partial charge in [-0.1, -0.05) is 0 Å². The van der Waals surface area contributed by atoms with Crippen molar-refractivity contribution < 1.29 is 18.0 Å². The Bertz CT molecular complexity index is 570. The molecule has 10 heteroatoms. The number of anilines is 1. The molecule has 3 rings (SSSR count). The summed E-state index contributed by atoms with van der Waals surface area (Å²) in [4.78, 5) is 23.7. The van der Waals surface area contributed by atoms with E-state index in [0.717, 1.165) is 38.3 Å². The number of carbonyl (C=O) groups excluding carboxylic acids is 1. The van der Waals surface area contributed by atoms with Gasteiger partial charge in [0.15, 0.2) is 0 Å². The third-order valence-electron chi connectivity index (χ3n) is 4.49. The lowest BCUT2D eigenvalue weighted by Crippen LogP contribution is -2.52. The Morgan fingerprint density at radius 3 is 2.32 bits per heavy atom. The quantitative estimate of drug-likeness (QED) is 0.845. The minimum absolute atomic E-state index is 0. The molecular weight excluding hydrogens is 359 g/mol. The molecule has 0 radical (unpaired) electrons. The number of hydrogen-bond donors (Lipinski definition) is 1. The molecule has 2 saturated heterocycles. The molecule has 0 aliphatic carbocycles. The summed E-state index contributed by atoms with van der Waals surface area (Å²) >= 11 is 0. The van der Waals surface area contributed by atoms with Crippen molar-refractivity contribution in [3.63, 3.8) is 0 Å². The van der Waals surface area contributed by atoms with Crippen molar-refractivity contribution in [1.82, 2.24) is 20.2 Å². The number of hydrogen-bond acceptors (Lipinski definition) is 5. The van der Waals surface area contributed by atoms with Crippen LogP contribution in [0.15, 0.2) is 12.4 Å². The van der Waals surface area contributed by atoms with Gasteiger partial charge in [-0.15, -0.1) is 12.4 Å². The first-order valence-corrected chi connectivity index (χ1v) is 8.09. The third-order valence-corrected chi connectivity index (χ3v) is 4.49. The van der Waals surface area contributed by atoms with Gasteiger partial charge in [0.1, 0.15) is 0 Å². The summed E-state index contributed by atoms with van der Waals surface area (Å²) in [6, 6.07) is 0. The summed E-state index contributed by atoms with van der Waals surface area (Å²) < 4.78 is 37.6. The van der Waals surface area contributed by atoms with E-state index in [9.17, 15) is 18.0 Å². The molecule has 0 unspecified atom stereocenters. The average molecular weight is 380 g/mol. The molecule has 6 nitrogen and oxygen atoms in total. The second-order valence-corrected chi connectivity index (χ2v) is 6.13. The van der Waals surface area contributed by atoms with Crippen LogP contribution < -0.4 is 10.2 Å². The molecule has 0 spiro atoms. The molecule has 3 heterocycles. The lowest BCUT2D eigenvalue weighted by atomic mass is 9.98. The van der Waals surface area contributed by atoms with Crippen LogP contribution in [0.1, 0.15) is 18.4 Å². The highest BCUT2D eigenvalue weighted by Gasteiger charge is 2.32. The minimum Gasteiger partial charge on any atom is -0.339 e. The molecular formula is C15H21ClF3N5O. The summed E-state index contributed by atoms with van der Waals surface area (Å²) in [7, 11) is 0. The van der Waals surface area contributed by atoms with Crippen molar-refractivity contribution in [2.75, 3.05) is 44.2 Å². The number of nitrogens with zero attached hydrogens (tertiary/aromatic N) is 4. The van der Waals surface area contributed by atoms with E-state index in [1.807, 2.05) is 9.80 Å². The summed E-state index contributed by atoms with van der Waals surface area (Å²) in [6.45, 7) is 3.82. The Morgan fingerprint density at radius 2 is 1.80 bits per heavy atom. The maximum atomic E-state index is 12.5. The van der Waals surface area contributed by atoms with Crippen LogP contribution in [0.4, 0.5) is 19.1 Å². The third kappa shape index (κ3) is 4.72. The number of rotatable bonds is 2. The summed E-state index contributed by atoms with van der Waals surface area (Å²) in [5, 5.41) is 3.24. The molecule has 2 fully saturated rings. The Morgan fingerprint density at radius 1 is 1.16 bits per heavy atom.